The molecule has 0 aliphatic heterocycles. The van der Waals surface area contributed by atoms with Crippen molar-refractivity contribution in [2.45, 2.75) is 20.3 Å². The molecule has 0 saturated carbocycles. The Morgan fingerprint density at radius 2 is 2.15 bits per heavy atom. The maximum Gasteiger partial charge on any atom is 0.266 e. The summed E-state index contributed by atoms with van der Waals surface area (Å²) < 4.78 is 4.86. The van der Waals surface area contributed by atoms with Crippen LogP contribution in [-0.2, 0) is 6.42 Å². The molecular formula is C8H12N4O. The first-order chi connectivity index (χ1) is 6.31. The Kier molecular flexibility index (Phi) is 3.26. The summed E-state index contributed by atoms with van der Waals surface area (Å²) >= 11 is 0. The standard InChI is InChI=1S/C8H12N4O/c1-3-12(4-2)8-10-7(5-6-9)13-11-8/h3-5H2,1-2H3. The van der Waals surface area contributed by atoms with E-state index in [2.05, 4.69) is 10.1 Å². The lowest BCUT2D eigenvalue weighted by molar-refractivity contribution is 0.386. The topological polar surface area (TPSA) is 66.0 Å². The molecule has 13 heavy (non-hydrogen) atoms. The van der Waals surface area contributed by atoms with Crippen LogP contribution in [0.15, 0.2) is 4.52 Å². The molecule has 0 bridgehead atoms. The van der Waals surface area contributed by atoms with Crippen LogP contribution in [0.2, 0.25) is 0 Å². The van der Waals surface area contributed by atoms with E-state index in [-0.39, 0.29) is 6.42 Å². The van der Waals surface area contributed by atoms with Gasteiger partial charge in [0.2, 0.25) is 5.89 Å². The Labute approximate surface area is 77.0 Å². The van der Waals surface area contributed by atoms with E-state index in [0.717, 1.165) is 13.1 Å². The molecule has 0 fully saturated rings. The summed E-state index contributed by atoms with van der Waals surface area (Å²) in [4.78, 5) is 6.03. The first-order valence-electron chi connectivity index (χ1n) is 4.26. The van der Waals surface area contributed by atoms with E-state index < -0.39 is 0 Å². The van der Waals surface area contributed by atoms with Gasteiger partial charge in [-0.25, -0.2) is 0 Å². The molecule has 1 aromatic rings. The Hall–Kier alpha value is -1.57. The second kappa shape index (κ2) is 4.45. The first kappa shape index (κ1) is 9.52. The van der Waals surface area contributed by atoms with Crippen molar-refractivity contribution in [2.24, 2.45) is 0 Å². The van der Waals surface area contributed by atoms with E-state index in [4.69, 9.17) is 9.78 Å². The number of nitrogens with zero attached hydrogens (tertiary/aromatic N) is 4. The summed E-state index contributed by atoms with van der Waals surface area (Å²) in [6, 6.07) is 1.96. The molecule has 0 radical (unpaired) electrons. The van der Waals surface area contributed by atoms with Gasteiger partial charge in [-0.05, 0) is 19.0 Å². The second-order valence-electron chi connectivity index (χ2n) is 2.50. The summed E-state index contributed by atoms with van der Waals surface area (Å²) in [6.45, 7) is 5.71. The van der Waals surface area contributed by atoms with Gasteiger partial charge >= 0.3 is 0 Å². The van der Waals surface area contributed by atoms with Crippen molar-refractivity contribution >= 4 is 5.95 Å². The molecule has 0 atom stereocenters. The first-order valence-corrected chi connectivity index (χ1v) is 4.26. The zero-order valence-corrected chi connectivity index (χ0v) is 7.82. The molecule has 1 rings (SSSR count). The third-order valence-corrected chi connectivity index (χ3v) is 1.73. The second-order valence-corrected chi connectivity index (χ2v) is 2.50. The molecule has 5 nitrogen and oxygen atoms in total. The quantitative estimate of drug-likeness (QED) is 0.691. The molecule has 0 N–H and O–H groups in total. The van der Waals surface area contributed by atoms with Gasteiger partial charge in [0.15, 0.2) is 0 Å². The molecule has 0 aliphatic rings. The highest BCUT2D eigenvalue weighted by Crippen LogP contribution is 2.08. The van der Waals surface area contributed by atoms with Crippen LogP contribution >= 0.6 is 0 Å². The van der Waals surface area contributed by atoms with Gasteiger partial charge in [0.25, 0.3) is 5.95 Å². The van der Waals surface area contributed by atoms with Crippen molar-refractivity contribution in [1.29, 1.82) is 5.26 Å². The van der Waals surface area contributed by atoms with Crippen LogP contribution in [0.1, 0.15) is 19.7 Å². The fourth-order valence-corrected chi connectivity index (χ4v) is 1.02. The zero-order valence-electron chi connectivity index (χ0n) is 7.82. The molecule has 0 aliphatic carbocycles. The number of aromatic nitrogens is 2. The average molecular weight is 180 g/mol. The average Bonchev–Trinajstić information content (AvgIpc) is 2.56. The van der Waals surface area contributed by atoms with Crippen LogP contribution in [-0.4, -0.2) is 23.2 Å². The van der Waals surface area contributed by atoms with Gasteiger partial charge in [-0.2, -0.15) is 10.2 Å². The monoisotopic (exact) mass is 180 g/mol. The summed E-state index contributed by atoms with van der Waals surface area (Å²) in [5.41, 5.74) is 0. The van der Waals surface area contributed by atoms with Gasteiger partial charge < -0.3 is 9.42 Å². The predicted octanol–water partition coefficient (Wildman–Crippen LogP) is 0.982. The zero-order chi connectivity index (χ0) is 9.68. The van der Waals surface area contributed by atoms with Gasteiger partial charge in [0, 0.05) is 13.1 Å². The maximum absolute atomic E-state index is 8.39. The van der Waals surface area contributed by atoms with Crippen LogP contribution in [0.3, 0.4) is 0 Å². The molecule has 1 heterocycles. The Morgan fingerprint density at radius 3 is 2.69 bits per heavy atom. The predicted molar refractivity (Wildman–Crippen MR) is 47.2 cm³/mol. The molecule has 0 saturated heterocycles. The van der Waals surface area contributed by atoms with Crippen molar-refractivity contribution in [3.8, 4) is 6.07 Å². The third kappa shape index (κ3) is 2.18. The SMILES string of the molecule is CCN(CC)c1noc(CC#N)n1. The van der Waals surface area contributed by atoms with E-state index in [0.29, 0.717) is 11.8 Å². The van der Waals surface area contributed by atoms with E-state index in [9.17, 15) is 0 Å². The molecule has 1 aromatic heterocycles. The number of rotatable bonds is 4. The summed E-state index contributed by atoms with van der Waals surface area (Å²) in [5, 5.41) is 12.2. The van der Waals surface area contributed by atoms with Gasteiger partial charge in [-0.3, -0.25) is 0 Å². The largest absolute Gasteiger partial charge is 0.339 e. The highest BCUT2D eigenvalue weighted by Gasteiger charge is 2.10. The number of nitriles is 1. The summed E-state index contributed by atoms with van der Waals surface area (Å²) in [5.74, 6) is 0.944. The minimum Gasteiger partial charge on any atom is -0.339 e. The van der Waals surface area contributed by atoms with Crippen molar-refractivity contribution in [2.75, 3.05) is 18.0 Å². The molecular weight excluding hydrogens is 168 g/mol. The van der Waals surface area contributed by atoms with Crippen molar-refractivity contribution < 1.29 is 4.52 Å². The van der Waals surface area contributed by atoms with E-state index >= 15 is 0 Å². The molecule has 70 valence electrons. The highest BCUT2D eigenvalue weighted by molar-refractivity contribution is 5.26. The van der Waals surface area contributed by atoms with Gasteiger partial charge in [0.05, 0.1) is 6.07 Å². The van der Waals surface area contributed by atoms with Crippen molar-refractivity contribution in [1.82, 2.24) is 10.1 Å². The fourth-order valence-electron chi connectivity index (χ4n) is 1.02. The maximum atomic E-state index is 8.39. The summed E-state index contributed by atoms with van der Waals surface area (Å²) in [6.07, 6.45) is 0.175. The lowest BCUT2D eigenvalue weighted by Gasteiger charge is -2.14. The smallest absolute Gasteiger partial charge is 0.266 e. The van der Waals surface area contributed by atoms with Crippen molar-refractivity contribution in [3.63, 3.8) is 0 Å². The van der Waals surface area contributed by atoms with Crippen LogP contribution in [0.4, 0.5) is 5.95 Å². The number of anilines is 1. The molecule has 0 aromatic carbocycles. The lowest BCUT2D eigenvalue weighted by Crippen LogP contribution is -2.22. The van der Waals surface area contributed by atoms with Gasteiger partial charge in [0.1, 0.15) is 6.42 Å². The van der Waals surface area contributed by atoms with Crippen LogP contribution in [0.5, 0.6) is 0 Å². The fraction of sp³-hybridized carbons (Fsp3) is 0.625. The normalized spacial score (nSPS) is 9.62. The minimum absolute atomic E-state index is 0.175. The van der Waals surface area contributed by atoms with Crippen LogP contribution in [0.25, 0.3) is 0 Å². The molecule has 5 heteroatoms. The molecule has 0 unspecified atom stereocenters. The van der Waals surface area contributed by atoms with E-state index in [1.54, 1.807) is 0 Å². The Bertz CT molecular complexity index is 297. The van der Waals surface area contributed by atoms with E-state index in [1.165, 1.54) is 0 Å². The third-order valence-electron chi connectivity index (χ3n) is 1.73. The van der Waals surface area contributed by atoms with Gasteiger partial charge in [-0.1, -0.05) is 0 Å². The molecule has 0 spiro atoms. The van der Waals surface area contributed by atoms with Crippen LogP contribution < -0.4 is 4.90 Å². The van der Waals surface area contributed by atoms with Gasteiger partial charge in [-0.15, -0.1) is 0 Å². The molecule has 0 amide bonds. The summed E-state index contributed by atoms with van der Waals surface area (Å²) in [7, 11) is 0. The van der Waals surface area contributed by atoms with Crippen LogP contribution in [0, 0.1) is 11.3 Å². The Balaban J connectivity index is 2.73. The van der Waals surface area contributed by atoms with Crippen molar-refractivity contribution in [3.05, 3.63) is 5.89 Å². The lowest BCUT2D eigenvalue weighted by atomic mass is 10.5. The van der Waals surface area contributed by atoms with E-state index in [1.807, 2.05) is 24.8 Å². The Morgan fingerprint density at radius 1 is 1.46 bits per heavy atom. The number of hydrogen-bond donors (Lipinski definition) is 0. The minimum atomic E-state index is 0.175. The highest BCUT2D eigenvalue weighted by atomic mass is 16.5. The number of hydrogen-bond acceptors (Lipinski definition) is 5.